The minimum atomic E-state index is -0.570. The van der Waals surface area contributed by atoms with Gasteiger partial charge in [-0.25, -0.2) is 9.59 Å². The van der Waals surface area contributed by atoms with Crippen molar-refractivity contribution in [3.8, 4) is 5.75 Å². The predicted octanol–water partition coefficient (Wildman–Crippen LogP) is 3.43. The average molecular weight is 397 g/mol. The zero-order valence-corrected chi connectivity index (χ0v) is 15.5. The molecule has 0 saturated carbocycles. The fraction of sp³-hybridized carbons (Fsp3) is 0.412. The highest BCUT2D eigenvalue weighted by molar-refractivity contribution is 9.10. The molecule has 2 N–H and O–H groups in total. The summed E-state index contributed by atoms with van der Waals surface area (Å²) in [4.78, 5) is 24.4. The molecule has 2 amide bonds. The van der Waals surface area contributed by atoms with Crippen molar-refractivity contribution < 1.29 is 19.1 Å². The van der Waals surface area contributed by atoms with E-state index >= 15 is 0 Å². The van der Waals surface area contributed by atoms with Crippen LogP contribution in [0.5, 0.6) is 5.75 Å². The van der Waals surface area contributed by atoms with Gasteiger partial charge in [-0.15, -0.1) is 0 Å². The lowest BCUT2D eigenvalue weighted by Crippen LogP contribution is -2.45. The number of hydrogen-bond acceptors (Lipinski definition) is 4. The molecule has 0 bridgehead atoms. The first-order valence-electron chi connectivity index (χ1n) is 7.91. The van der Waals surface area contributed by atoms with E-state index in [-0.39, 0.29) is 12.6 Å². The molecule has 1 atom stereocenters. The smallest absolute Gasteiger partial charge is 0.338 e. The van der Waals surface area contributed by atoms with Gasteiger partial charge in [0.25, 0.3) is 0 Å². The summed E-state index contributed by atoms with van der Waals surface area (Å²) in [6.07, 6.45) is 0.524. The minimum Gasteiger partial charge on any atom is -0.493 e. The van der Waals surface area contributed by atoms with E-state index in [0.29, 0.717) is 30.0 Å². The highest BCUT2D eigenvalue weighted by Crippen LogP contribution is 2.33. The van der Waals surface area contributed by atoms with Crippen molar-refractivity contribution in [2.75, 3.05) is 13.2 Å². The van der Waals surface area contributed by atoms with Gasteiger partial charge in [0.15, 0.2) is 0 Å². The Hall–Kier alpha value is -2.02. The van der Waals surface area contributed by atoms with Crippen LogP contribution < -0.4 is 15.4 Å². The second-order valence-electron chi connectivity index (χ2n) is 5.12. The topological polar surface area (TPSA) is 76.7 Å². The lowest BCUT2D eigenvalue weighted by Gasteiger charge is -2.29. The molecule has 1 aromatic rings. The van der Waals surface area contributed by atoms with Crippen LogP contribution in [0, 0.1) is 0 Å². The molecular formula is C17H21BrN2O4. The largest absolute Gasteiger partial charge is 0.493 e. The molecule has 1 heterocycles. The van der Waals surface area contributed by atoms with Crippen molar-refractivity contribution in [3.63, 3.8) is 0 Å². The van der Waals surface area contributed by atoms with Crippen LogP contribution in [-0.4, -0.2) is 25.2 Å². The van der Waals surface area contributed by atoms with Crippen LogP contribution in [0.25, 0.3) is 0 Å². The first-order chi connectivity index (χ1) is 11.5. The maximum atomic E-state index is 12.4. The number of amides is 2. The highest BCUT2D eigenvalue weighted by atomic mass is 79.9. The minimum absolute atomic E-state index is 0.271. The normalized spacial score (nSPS) is 17.2. The number of urea groups is 1. The predicted molar refractivity (Wildman–Crippen MR) is 93.7 cm³/mol. The molecule has 24 heavy (non-hydrogen) atoms. The van der Waals surface area contributed by atoms with E-state index in [1.165, 1.54) is 0 Å². The van der Waals surface area contributed by atoms with E-state index in [9.17, 15) is 9.59 Å². The molecule has 0 aromatic heterocycles. The number of rotatable bonds is 6. The summed E-state index contributed by atoms with van der Waals surface area (Å²) in [7, 11) is 0. The Labute approximate surface area is 149 Å². The number of halogens is 1. The molecule has 130 valence electrons. The van der Waals surface area contributed by atoms with Crippen LogP contribution in [0.4, 0.5) is 4.79 Å². The van der Waals surface area contributed by atoms with Crippen molar-refractivity contribution in [3.05, 3.63) is 39.5 Å². The summed E-state index contributed by atoms with van der Waals surface area (Å²) >= 11 is 3.46. The number of carbonyl (C=O) groups is 2. The van der Waals surface area contributed by atoms with Gasteiger partial charge in [0.2, 0.25) is 0 Å². The Morgan fingerprint density at radius 3 is 2.58 bits per heavy atom. The first-order valence-corrected chi connectivity index (χ1v) is 8.70. The van der Waals surface area contributed by atoms with E-state index in [0.717, 1.165) is 10.0 Å². The average Bonchev–Trinajstić information content (AvgIpc) is 2.56. The number of carbonyl (C=O) groups excluding carboxylic acids is 2. The van der Waals surface area contributed by atoms with Crippen LogP contribution in [0.1, 0.15) is 38.8 Å². The molecule has 6 nitrogen and oxygen atoms in total. The molecule has 0 fully saturated rings. The van der Waals surface area contributed by atoms with E-state index in [1.807, 2.05) is 32.0 Å². The summed E-state index contributed by atoms with van der Waals surface area (Å²) in [5.41, 5.74) is 1.77. The van der Waals surface area contributed by atoms with Crippen molar-refractivity contribution >= 4 is 27.9 Å². The van der Waals surface area contributed by atoms with E-state index in [2.05, 4.69) is 26.6 Å². The van der Waals surface area contributed by atoms with Gasteiger partial charge >= 0.3 is 12.0 Å². The number of allylic oxidation sites excluding steroid dienone is 1. The number of hydrogen-bond donors (Lipinski definition) is 2. The molecule has 2 rings (SSSR count). The van der Waals surface area contributed by atoms with Crippen LogP contribution in [0.3, 0.4) is 0 Å². The fourth-order valence-corrected chi connectivity index (χ4v) is 3.08. The van der Waals surface area contributed by atoms with Crippen molar-refractivity contribution in [2.24, 2.45) is 0 Å². The first kappa shape index (κ1) is 18.3. The van der Waals surface area contributed by atoms with Gasteiger partial charge in [0.1, 0.15) is 5.75 Å². The Morgan fingerprint density at radius 2 is 2.00 bits per heavy atom. The monoisotopic (exact) mass is 396 g/mol. The third-order valence-corrected chi connectivity index (χ3v) is 4.21. The van der Waals surface area contributed by atoms with Gasteiger partial charge in [0.05, 0.1) is 29.3 Å². The van der Waals surface area contributed by atoms with Crippen molar-refractivity contribution in [2.45, 2.75) is 33.2 Å². The number of nitrogens with one attached hydrogen (secondary N) is 2. The summed E-state index contributed by atoms with van der Waals surface area (Å²) < 4.78 is 11.4. The van der Waals surface area contributed by atoms with E-state index < -0.39 is 12.0 Å². The van der Waals surface area contributed by atoms with Crippen LogP contribution >= 0.6 is 15.9 Å². The van der Waals surface area contributed by atoms with Gasteiger partial charge in [-0.05, 0) is 53.9 Å². The van der Waals surface area contributed by atoms with Gasteiger partial charge < -0.3 is 20.1 Å². The van der Waals surface area contributed by atoms with Gasteiger partial charge in [-0.3, -0.25) is 0 Å². The molecule has 1 aliphatic heterocycles. The van der Waals surface area contributed by atoms with Crippen molar-refractivity contribution in [1.29, 1.82) is 0 Å². The number of ether oxygens (including phenoxy) is 2. The van der Waals surface area contributed by atoms with Crippen LogP contribution in [0.15, 0.2) is 33.9 Å². The molecule has 0 radical (unpaired) electrons. The quantitative estimate of drug-likeness (QED) is 0.722. The standard InChI is InChI=1S/C17H21BrN2O4/c1-4-12-14(16(21)24-6-3)15(20-17(22)19-12)10-7-8-13(23-5-2)11(18)9-10/h7-9,15H,4-6H2,1-3H3,(H2,19,20,22). The molecule has 0 saturated heterocycles. The zero-order valence-electron chi connectivity index (χ0n) is 13.9. The molecule has 1 unspecified atom stereocenters. The van der Waals surface area contributed by atoms with E-state index in [1.54, 1.807) is 6.92 Å². The number of benzene rings is 1. The molecule has 1 aromatic carbocycles. The Morgan fingerprint density at radius 1 is 1.25 bits per heavy atom. The Bertz CT molecular complexity index is 673. The molecule has 0 spiro atoms. The Balaban J connectivity index is 2.46. The van der Waals surface area contributed by atoms with Gasteiger partial charge in [-0.2, -0.15) is 0 Å². The van der Waals surface area contributed by atoms with Gasteiger partial charge in [-0.1, -0.05) is 13.0 Å². The maximum absolute atomic E-state index is 12.4. The number of esters is 1. The zero-order chi connectivity index (χ0) is 17.7. The van der Waals surface area contributed by atoms with Crippen molar-refractivity contribution in [1.82, 2.24) is 10.6 Å². The van der Waals surface area contributed by atoms with Gasteiger partial charge in [0, 0.05) is 5.70 Å². The maximum Gasteiger partial charge on any atom is 0.338 e. The fourth-order valence-electron chi connectivity index (χ4n) is 2.57. The lowest BCUT2D eigenvalue weighted by atomic mass is 9.94. The molecule has 1 aliphatic rings. The summed E-state index contributed by atoms with van der Waals surface area (Å²) in [5.74, 6) is 0.274. The second kappa shape index (κ2) is 8.19. The molecule has 7 heteroatoms. The SMILES string of the molecule is CCOC(=O)C1=C(CC)NC(=O)NC1c1ccc(OCC)c(Br)c1. The lowest BCUT2D eigenvalue weighted by molar-refractivity contribution is -0.139. The summed E-state index contributed by atoms with van der Waals surface area (Å²) in [5, 5.41) is 5.49. The second-order valence-corrected chi connectivity index (χ2v) is 5.97. The third-order valence-electron chi connectivity index (χ3n) is 3.59. The highest BCUT2D eigenvalue weighted by Gasteiger charge is 2.33. The molecular weight excluding hydrogens is 376 g/mol. The summed E-state index contributed by atoms with van der Waals surface area (Å²) in [6.45, 7) is 6.36. The summed E-state index contributed by atoms with van der Waals surface area (Å²) in [6, 6.07) is 4.58. The molecule has 0 aliphatic carbocycles. The van der Waals surface area contributed by atoms with E-state index in [4.69, 9.17) is 9.47 Å². The van der Waals surface area contributed by atoms with Crippen LogP contribution in [0.2, 0.25) is 0 Å². The third kappa shape index (κ3) is 3.90. The Kier molecular flexibility index (Phi) is 6.25. The van der Waals surface area contributed by atoms with Crippen LogP contribution in [-0.2, 0) is 9.53 Å².